The summed E-state index contributed by atoms with van der Waals surface area (Å²) in [6.45, 7) is 5.40. The maximum Gasteiger partial charge on any atom is 0.224 e. The molecule has 1 aromatic rings. The van der Waals surface area contributed by atoms with Crippen molar-refractivity contribution in [1.29, 1.82) is 0 Å². The van der Waals surface area contributed by atoms with Gasteiger partial charge in [-0.15, -0.1) is 12.4 Å². The Morgan fingerprint density at radius 1 is 1.41 bits per heavy atom. The normalized spacial score (nSPS) is 17.5. The van der Waals surface area contributed by atoms with Gasteiger partial charge < -0.3 is 19.7 Å². The number of rotatable bonds is 6. The van der Waals surface area contributed by atoms with E-state index >= 15 is 0 Å². The summed E-state index contributed by atoms with van der Waals surface area (Å²) in [5.41, 5.74) is 1.10. The molecule has 1 aliphatic rings. The zero-order valence-electron chi connectivity index (χ0n) is 13.2. The van der Waals surface area contributed by atoms with Crippen molar-refractivity contribution in [2.45, 2.75) is 25.9 Å². The van der Waals surface area contributed by atoms with Crippen molar-refractivity contribution >= 4 is 18.3 Å². The van der Waals surface area contributed by atoms with E-state index < -0.39 is 0 Å². The van der Waals surface area contributed by atoms with E-state index in [-0.39, 0.29) is 24.4 Å². The zero-order valence-corrected chi connectivity index (χ0v) is 14.0. The predicted molar refractivity (Wildman–Crippen MR) is 88.6 cm³/mol. The summed E-state index contributed by atoms with van der Waals surface area (Å²) in [7, 11) is 1.84. The van der Waals surface area contributed by atoms with Crippen LogP contribution in [0.5, 0.6) is 5.75 Å². The van der Waals surface area contributed by atoms with Crippen molar-refractivity contribution in [3.63, 3.8) is 0 Å². The van der Waals surface area contributed by atoms with E-state index in [1.54, 1.807) is 4.90 Å². The molecule has 1 atom stereocenters. The largest absolute Gasteiger partial charge is 0.494 e. The number of morpholine rings is 1. The van der Waals surface area contributed by atoms with Crippen molar-refractivity contribution in [1.82, 2.24) is 10.2 Å². The van der Waals surface area contributed by atoms with Crippen LogP contribution in [0.3, 0.4) is 0 Å². The molecule has 2 rings (SSSR count). The molecule has 1 saturated heterocycles. The number of hydrogen-bond acceptors (Lipinski definition) is 4. The Morgan fingerprint density at radius 2 is 2.14 bits per heavy atom. The number of halogens is 1. The molecule has 0 saturated carbocycles. The fraction of sp³-hybridized carbons (Fsp3) is 0.562. The van der Waals surface area contributed by atoms with Crippen LogP contribution >= 0.6 is 12.4 Å². The maximum absolute atomic E-state index is 12.2. The Morgan fingerprint density at radius 3 is 2.73 bits per heavy atom. The number of carbonyl (C=O) groups is 1. The highest BCUT2D eigenvalue weighted by Crippen LogP contribution is 2.14. The maximum atomic E-state index is 12.2. The second kappa shape index (κ2) is 9.66. The molecule has 124 valence electrons. The third-order valence-electron chi connectivity index (χ3n) is 3.50. The topological polar surface area (TPSA) is 50.8 Å². The summed E-state index contributed by atoms with van der Waals surface area (Å²) in [6.07, 6.45) is 0.480. The highest BCUT2D eigenvalue weighted by molar-refractivity contribution is 5.85. The van der Waals surface area contributed by atoms with E-state index in [2.05, 4.69) is 5.32 Å². The van der Waals surface area contributed by atoms with Gasteiger partial charge in [0, 0.05) is 32.6 Å². The van der Waals surface area contributed by atoms with Gasteiger partial charge in [0.05, 0.1) is 19.8 Å². The van der Waals surface area contributed by atoms with Crippen LogP contribution in [0.1, 0.15) is 18.9 Å². The lowest BCUT2D eigenvalue weighted by atomic mass is 10.1. The molecular weight excluding hydrogens is 304 g/mol. The molecule has 6 heteroatoms. The van der Waals surface area contributed by atoms with Crippen LogP contribution < -0.4 is 10.1 Å². The average molecular weight is 329 g/mol. The van der Waals surface area contributed by atoms with Gasteiger partial charge in [-0.3, -0.25) is 4.79 Å². The van der Waals surface area contributed by atoms with Gasteiger partial charge in [-0.2, -0.15) is 0 Å². The van der Waals surface area contributed by atoms with E-state index in [0.717, 1.165) is 24.5 Å². The van der Waals surface area contributed by atoms with Gasteiger partial charge in [-0.25, -0.2) is 0 Å². The van der Waals surface area contributed by atoms with Crippen molar-refractivity contribution in [2.24, 2.45) is 0 Å². The highest BCUT2D eigenvalue weighted by Gasteiger charge is 2.19. The van der Waals surface area contributed by atoms with E-state index in [4.69, 9.17) is 9.47 Å². The molecule has 1 heterocycles. The molecule has 0 spiro atoms. The molecule has 1 amide bonds. The van der Waals surface area contributed by atoms with E-state index in [0.29, 0.717) is 26.2 Å². The van der Waals surface area contributed by atoms with Gasteiger partial charge in [-0.05, 0) is 24.6 Å². The zero-order chi connectivity index (χ0) is 15.1. The van der Waals surface area contributed by atoms with Crippen LogP contribution in [-0.4, -0.2) is 50.3 Å². The van der Waals surface area contributed by atoms with Crippen LogP contribution in [-0.2, 0) is 16.1 Å². The van der Waals surface area contributed by atoms with Crippen LogP contribution in [0, 0.1) is 0 Å². The SMILES string of the molecule is CCOc1ccc(CN(C)C(=O)CC2COCCN2)cc1.Cl. The number of benzene rings is 1. The Kier molecular flexibility index (Phi) is 8.24. The number of amides is 1. The molecule has 22 heavy (non-hydrogen) atoms. The first-order valence-corrected chi connectivity index (χ1v) is 7.46. The molecule has 1 aromatic carbocycles. The minimum Gasteiger partial charge on any atom is -0.494 e. The molecule has 1 N–H and O–H groups in total. The van der Waals surface area contributed by atoms with Gasteiger partial charge in [0.15, 0.2) is 0 Å². The molecule has 0 aromatic heterocycles. The molecule has 5 nitrogen and oxygen atoms in total. The second-order valence-electron chi connectivity index (χ2n) is 5.26. The van der Waals surface area contributed by atoms with Gasteiger partial charge in [0.1, 0.15) is 5.75 Å². The van der Waals surface area contributed by atoms with Gasteiger partial charge in [0.25, 0.3) is 0 Å². The number of hydrogen-bond donors (Lipinski definition) is 1. The van der Waals surface area contributed by atoms with Gasteiger partial charge in [-0.1, -0.05) is 12.1 Å². The highest BCUT2D eigenvalue weighted by atomic mass is 35.5. The Balaban J connectivity index is 0.00000242. The van der Waals surface area contributed by atoms with Gasteiger partial charge in [0.2, 0.25) is 5.91 Å². The first-order valence-electron chi connectivity index (χ1n) is 7.46. The molecule has 0 aliphatic carbocycles. The average Bonchev–Trinajstić information content (AvgIpc) is 2.50. The van der Waals surface area contributed by atoms with Crippen molar-refractivity contribution < 1.29 is 14.3 Å². The van der Waals surface area contributed by atoms with Crippen molar-refractivity contribution in [2.75, 3.05) is 33.4 Å². The third-order valence-corrected chi connectivity index (χ3v) is 3.50. The molecule has 0 bridgehead atoms. The molecular formula is C16H25ClN2O3. The quantitative estimate of drug-likeness (QED) is 0.866. The molecule has 0 radical (unpaired) electrons. The van der Waals surface area contributed by atoms with Crippen molar-refractivity contribution in [3.05, 3.63) is 29.8 Å². The lowest BCUT2D eigenvalue weighted by Crippen LogP contribution is -2.44. The molecule has 1 fully saturated rings. The van der Waals surface area contributed by atoms with Crippen LogP contribution in [0.2, 0.25) is 0 Å². The molecule has 1 unspecified atom stereocenters. The lowest BCUT2D eigenvalue weighted by molar-refractivity contribution is -0.131. The predicted octanol–water partition coefficient (Wildman–Crippen LogP) is 1.84. The third kappa shape index (κ3) is 5.83. The summed E-state index contributed by atoms with van der Waals surface area (Å²) in [5.74, 6) is 0.991. The number of carbonyl (C=O) groups excluding carboxylic acids is 1. The number of ether oxygens (including phenoxy) is 2. The standard InChI is InChI=1S/C16H24N2O3.ClH/c1-3-21-15-6-4-13(5-7-15)11-18(2)16(19)10-14-12-20-9-8-17-14;/h4-7,14,17H,3,8-12H2,1-2H3;1H. The summed E-state index contributed by atoms with van der Waals surface area (Å²) >= 11 is 0. The summed E-state index contributed by atoms with van der Waals surface area (Å²) in [5, 5.41) is 3.30. The first-order chi connectivity index (χ1) is 10.2. The minimum atomic E-state index is 0. The monoisotopic (exact) mass is 328 g/mol. The van der Waals surface area contributed by atoms with Gasteiger partial charge >= 0.3 is 0 Å². The second-order valence-corrected chi connectivity index (χ2v) is 5.26. The Labute approximate surface area is 138 Å². The Hall–Kier alpha value is -1.30. The van der Waals surface area contributed by atoms with E-state index in [9.17, 15) is 4.79 Å². The van der Waals surface area contributed by atoms with Crippen molar-refractivity contribution in [3.8, 4) is 5.75 Å². The Bertz CT molecular complexity index is 447. The fourth-order valence-electron chi connectivity index (χ4n) is 2.34. The molecule has 1 aliphatic heterocycles. The first kappa shape index (κ1) is 18.7. The van der Waals surface area contributed by atoms with Crippen LogP contribution in [0.25, 0.3) is 0 Å². The number of nitrogens with one attached hydrogen (secondary N) is 1. The van der Waals surface area contributed by atoms with Crippen LogP contribution in [0.4, 0.5) is 0 Å². The van der Waals surface area contributed by atoms with E-state index in [1.165, 1.54) is 0 Å². The van der Waals surface area contributed by atoms with Crippen LogP contribution in [0.15, 0.2) is 24.3 Å². The summed E-state index contributed by atoms with van der Waals surface area (Å²) < 4.78 is 10.8. The number of nitrogens with zero attached hydrogens (tertiary/aromatic N) is 1. The minimum absolute atomic E-state index is 0. The summed E-state index contributed by atoms with van der Waals surface area (Å²) in [6, 6.07) is 8.00. The summed E-state index contributed by atoms with van der Waals surface area (Å²) in [4.78, 5) is 13.9. The van der Waals surface area contributed by atoms with E-state index in [1.807, 2.05) is 38.2 Å². The fourth-order valence-corrected chi connectivity index (χ4v) is 2.34. The lowest BCUT2D eigenvalue weighted by Gasteiger charge is -2.25. The smallest absolute Gasteiger partial charge is 0.224 e.